The molecule has 29 heavy (non-hydrogen) atoms. The fourth-order valence-electron chi connectivity index (χ4n) is 4.15. The standard InChI is InChI=1S/C24H28F2O3/c1-16-13-28-24(29-14-16)19-4-2-17(3-5-19)15-27-21-9-6-18(7-10-21)20-8-11-22(25)23(26)12-20/h6-12,16-17,19,24H,2-5,13-15H2,1H3. The van der Waals surface area contributed by atoms with Crippen molar-refractivity contribution in [2.24, 2.45) is 17.8 Å². The van der Waals surface area contributed by atoms with Gasteiger partial charge in [-0.1, -0.05) is 25.1 Å². The molecule has 2 aliphatic rings. The van der Waals surface area contributed by atoms with E-state index in [1.807, 2.05) is 24.3 Å². The molecule has 0 bridgehead atoms. The number of benzene rings is 2. The minimum absolute atomic E-state index is 0.0306. The normalized spacial score (nSPS) is 27.6. The van der Waals surface area contributed by atoms with Gasteiger partial charge < -0.3 is 14.2 Å². The molecule has 1 aliphatic heterocycles. The summed E-state index contributed by atoms with van der Waals surface area (Å²) in [6.07, 6.45) is 4.44. The van der Waals surface area contributed by atoms with Gasteiger partial charge in [0.1, 0.15) is 5.75 Å². The Balaban J connectivity index is 1.24. The summed E-state index contributed by atoms with van der Waals surface area (Å²) in [6, 6.07) is 11.4. The summed E-state index contributed by atoms with van der Waals surface area (Å²) < 4.78 is 44.2. The van der Waals surface area contributed by atoms with Crippen LogP contribution in [0, 0.1) is 29.4 Å². The molecule has 1 saturated heterocycles. The average Bonchev–Trinajstić information content (AvgIpc) is 2.76. The maximum atomic E-state index is 13.4. The Morgan fingerprint density at radius 3 is 2.17 bits per heavy atom. The van der Waals surface area contributed by atoms with Gasteiger partial charge in [-0.05, 0) is 67.0 Å². The molecule has 1 heterocycles. The quantitative estimate of drug-likeness (QED) is 0.630. The largest absolute Gasteiger partial charge is 0.493 e. The van der Waals surface area contributed by atoms with Crippen molar-refractivity contribution in [3.05, 3.63) is 54.1 Å². The first-order valence-electron chi connectivity index (χ1n) is 10.5. The lowest BCUT2D eigenvalue weighted by atomic mass is 9.82. The van der Waals surface area contributed by atoms with Gasteiger partial charge in [0.05, 0.1) is 19.8 Å². The van der Waals surface area contributed by atoms with Crippen molar-refractivity contribution in [2.75, 3.05) is 19.8 Å². The molecule has 0 N–H and O–H groups in total. The van der Waals surface area contributed by atoms with E-state index in [2.05, 4.69) is 6.92 Å². The zero-order valence-corrected chi connectivity index (χ0v) is 16.8. The van der Waals surface area contributed by atoms with Crippen molar-refractivity contribution >= 4 is 0 Å². The molecule has 5 heteroatoms. The Hall–Kier alpha value is -1.98. The number of rotatable bonds is 5. The second-order valence-corrected chi connectivity index (χ2v) is 8.39. The Labute approximate surface area is 171 Å². The lowest BCUT2D eigenvalue weighted by Crippen LogP contribution is -2.38. The van der Waals surface area contributed by atoms with E-state index in [9.17, 15) is 8.78 Å². The van der Waals surface area contributed by atoms with Crippen molar-refractivity contribution in [1.29, 1.82) is 0 Å². The summed E-state index contributed by atoms with van der Waals surface area (Å²) in [5.74, 6) is 0.654. The van der Waals surface area contributed by atoms with E-state index in [1.165, 1.54) is 6.07 Å². The zero-order chi connectivity index (χ0) is 20.2. The molecule has 0 aromatic heterocycles. The average molecular weight is 402 g/mol. The van der Waals surface area contributed by atoms with Crippen LogP contribution in [0.15, 0.2) is 42.5 Å². The molecule has 1 aliphatic carbocycles. The van der Waals surface area contributed by atoms with Gasteiger partial charge in [-0.15, -0.1) is 0 Å². The van der Waals surface area contributed by atoms with Crippen LogP contribution in [-0.4, -0.2) is 26.1 Å². The van der Waals surface area contributed by atoms with Crippen molar-refractivity contribution in [3.8, 4) is 16.9 Å². The molecule has 0 amide bonds. The highest BCUT2D eigenvalue weighted by Crippen LogP contribution is 2.34. The van der Waals surface area contributed by atoms with Crippen LogP contribution in [0.4, 0.5) is 8.78 Å². The van der Waals surface area contributed by atoms with Crippen LogP contribution in [0.3, 0.4) is 0 Å². The maximum absolute atomic E-state index is 13.4. The predicted octanol–water partition coefficient (Wildman–Crippen LogP) is 5.83. The predicted molar refractivity (Wildman–Crippen MR) is 108 cm³/mol. The van der Waals surface area contributed by atoms with Gasteiger partial charge in [0, 0.05) is 11.8 Å². The molecular formula is C24H28F2O3. The first-order valence-corrected chi connectivity index (χ1v) is 10.5. The van der Waals surface area contributed by atoms with Crippen LogP contribution >= 0.6 is 0 Å². The minimum atomic E-state index is -0.836. The molecular weight excluding hydrogens is 374 g/mol. The van der Waals surface area contributed by atoms with Crippen molar-refractivity contribution in [2.45, 2.75) is 38.9 Å². The smallest absolute Gasteiger partial charge is 0.160 e. The topological polar surface area (TPSA) is 27.7 Å². The number of ether oxygens (including phenoxy) is 3. The summed E-state index contributed by atoms with van der Waals surface area (Å²) in [7, 11) is 0. The van der Waals surface area contributed by atoms with E-state index in [4.69, 9.17) is 14.2 Å². The molecule has 0 unspecified atom stereocenters. The number of halogens is 2. The molecule has 2 aromatic rings. The fraction of sp³-hybridized carbons (Fsp3) is 0.500. The Morgan fingerprint density at radius 2 is 1.52 bits per heavy atom. The van der Waals surface area contributed by atoms with Gasteiger partial charge in [0.15, 0.2) is 17.9 Å². The van der Waals surface area contributed by atoms with Crippen LogP contribution < -0.4 is 4.74 Å². The van der Waals surface area contributed by atoms with Crippen molar-refractivity contribution in [1.82, 2.24) is 0 Å². The molecule has 0 atom stereocenters. The monoisotopic (exact) mass is 402 g/mol. The van der Waals surface area contributed by atoms with Crippen LogP contribution in [0.2, 0.25) is 0 Å². The third kappa shape index (κ3) is 5.14. The van der Waals surface area contributed by atoms with Gasteiger partial charge in [-0.3, -0.25) is 0 Å². The van der Waals surface area contributed by atoms with E-state index in [1.54, 1.807) is 6.07 Å². The molecule has 4 rings (SSSR count). The van der Waals surface area contributed by atoms with Gasteiger partial charge in [0.2, 0.25) is 0 Å². The van der Waals surface area contributed by atoms with Gasteiger partial charge in [0.25, 0.3) is 0 Å². The first kappa shape index (κ1) is 20.3. The first-order chi connectivity index (χ1) is 14.1. The lowest BCUT2D eigenvalue weighted by Gasteiger charge is -2.36. The summed E-state index contributed by atoms with van der Waals surface area (Å²) in [5, 5.41) is 0. The Morgan fingerprint density at radius 1 is 0.862 bits per heavy atom. The fourth-order valence-corrected chi connectivity index (χ4v) is 4.15. The highest BCUT2D eigenvalue weighted by molar-refractivity contribution is 5.64. The summed E-state index contributed by atoms with van der Waals surface area (Å²) >= 11 is 0. The van der Waals surface area contributed by atoms with E-state index in [0.717, 1.165) is 56.3 Å². The number of hydrogen-bond acceptors (Lipinski definition) is 3. The summed E-state index contributed by atoms with van der Waals surface area (Å²) in [5.41, 5.74) is 1.48. The number of hydrogen-bond donors (Lipinski definition) is 0. The van der Waals surface area contributed by atoms with Gasteiger partial charge in [-0.25, -0.2) is 8.78 Å². The van der Waals surface area contributed by atoms with Crippen LogP contribution in [0.5, 0.6) is 5.75 Å². The zero-order valence-electron chi connectivity index (χ0n) is 16.8. The molecule has 3 nitrogen and oxygen atoms in total. The molecule has 0 spiro atoms. The summed E-state index contributed by atoms with van der Waals surface area (Å²) in [4.78, 5) is 0. The molecule has 1 saturated carbocycles. The Bertz CT molecular complexity index is 792. The van der Waals surface area contributed by atoms with Gasteiger partial charge >= 0.3 is 0 Å². The Kier molecular flexibility index (Phi) is 6.46. The minimum Gasteiger partial charge on any atom is -0.493 e. The third-order valence-electron chi connectivity index (χ3n) is 5.96. The second kappa shape index (κ2) is 9.23. The SMILES string of the molecule is CC1COC(C2CCC(COc3ccc(-c4ccc(F)c(F)c4)cc3)CC2)OC1. The maximum Gasteiger partial charge on any atom is 0.160 e. The van der Waals surface area contributed by atoms with E-state index >= 15 is 0 Å². The molecule has 2 fully saturated rings. The van der Waals surface area contributed by atoms with Crippen LogP contribution in [0.25, 0.3) is 11.1 Å². The molecule has 2 aromatic carbocycles. The highest BCUT2D eigenvalue weighted by Gasteiger charge is 2.31. The van der Waals surface area contributed by atoms with Crippen LogP contribution in [0.1, 0.15) is 32.6 Å². The van der Waals surface area contributed by atoms with E-state index in [0.29, 0.717) is 29.9 Å². The molecule has 0 radical (unpaired) electrons. The summed E-state index contributed by atoms with van der Waals surface area (Å²) in [6.45, 7) is 4.44. The third-order valence-corrected chi connectivity index (χ3v) is 5.96. The van der Waals surface area contributed by atoms with Crippen molar-refractivity contribution < 1.29 is 23.0 Å². The van der Waals surface area contributed by atoms with Crippen LogP contribution in [-0.2, 0) is 9.47 Å². The second-order valence-electron chi connectivity index (χ2n) is 8.39. The van der Waals surface area contributed by atoms with Gasteiger partial charge in [-0.2, -0.15) is 0 Å². The van der Waals surface area contributed by atoms with Crippen molar-refractivity contribution in [3.63, 3.8) is 0 Å². The van der Waals surface area contributed by atoms with E-state index in [-0.39, 0.29) is 6.29 Å². The lowest BCUT2D eigenvalue weighted by molar-refractivity contribution is -0.227. The highest BCUT2D eigenvalue weighted by atomic mass is 19.2. The molecule has 156 valence electrons. The van der Waals surface area contributed by atoms with E-state index < -0.39 is 11.6 Å².